The number of carbonyl (C=O) groups is 1. The van der Waals surface area contributed by atoms with Crippen molar-refractivity contribution in [3.05, 3.63) is 59.2 Å². The van der Waals surface area contributed by atoms with E-state index in [-0.39, 0.29) is 18.3 Å². The van der Waals surface area contributed by atoms with Crippen LogP contribution in [0.25, 0.3) is 0 Å². The molecule has 0 saturated carbocycles. The van der Waals surface area contributed by atoms with Crippen LogP contribution in [0.1, 0.15) is 27.9 Å². The van der Waals surface area contributed by atoms with Crippen molar-refractivity contribution in [1.29, 1.82) is 0 Å². The smallest absolute Gasteiger partial charge is 0.254 e. The zero-order chi connectivity index (χ0) is 16.2. The third kappa shape index (κ3) is 3.82. The van der Waals surface area contributed by atoms with Crippen LogP contribution in [0.4, 0.5) is 5.69 Å². The Morgan fingerprint density at radius 2 is 2.04 bits per heavy atom. The molecule has 0 spiro atoms. The van der Waals surface area contributed by atoms with Gasteiger partial charge in [0.2, 0.25) is 0 Å². The molecule has 0 aromatic heterocycles. The molecule has 1 N–H and O–H groups in total. The summed E-state index contributed by atoms with van der Waals surface area (Å²) in [5.41, 5.74) is 4.10. The topological polar surface area (TPSA) is 41.6 Å². The molecule has 5 heteroatoms. The molecule has 4 nitrogen and oxygen atoms in total. The van der Waals surface area contributed by atoms with Crippen LogP contribution in [0.2, 0.25) is 0 Å². The molecule has 0 bridgehead atoms. The van der Waals surface area contributed by atoms with E-state index in [4.69, 9.17) is 4.74 Å². The highest BCUT2D eigenvalue weighted by Crippen LogP contribution is 2.26. The van der Waals surface area contributed by atoms with Crippen molar-refractivity contribution in [3.63, 3.8) is 0 Å². The van der Waals surface area contributed by atoms with Crippen LogP contribution in [0.5, 0.6) is 5.75 Å². The maximum Gasteiger partial charge on any atom is 0.254 e. The van der Waals surface area contributed by atoms with Crippen molar-refractivity contribution in [2.24, 2.45) is 0 Å². The summed E-state index contributed by atoms with van der Waals surface area (Å²) in [6.45, 7) is 1.54. The Hall–Kier alpha value is -2.20. The van der Waals surface area contributed by atoms with E-state index in [9.17, 15) is 4.79 Å². The molecule has 1 amide bonds. The fourth-order valence-corrected chi connectivity index (χ4v) is 3.03. The van der Waals surface area contributed by atoms with Crippen LogP contribution >= 0.6 is 12.4 Å². The summed E-state index contributed by atoms with van der Waals surface area (Å²) in [4.78, 5) is 14.6. The zero-order valence-corrected chi connectivity index (χ0v) is 14.9. The molecule has 128 valence electrons. The van der Waals surface area contributed by atoms with Crippen LogP contribution in [0.3, 0.4) is 0 Å². The molecule has 0 unspecified atom stereocenters. The minimum Gasteiger partial charge on any atom is -0.497 e. The molecule has 0 aliphatic carbocycles. The second kappa shape index (κ2) is 8.06. The van der Waals surface area contributed by atoms with Crippen molar-refractivity contribution in [1.82, 2.24) is 4.90 Å². The number of nitrogens with zero attached hydrogens (tertiary/aromatic N) is 1. The second-order valence-corrected chi connectivity index (χ2v) is 5.87. The van der Waals surface area contributed by atoms with Gasteiger partial charge in [0.1, 0.15) is 5.75 Å². The Labute approximate surface area is 149 Å². The van der Waals surface area contributed by atoms with Crippen LogP contribution in [0, 0.1) is 0 Å². The summed E-state index contributed by atoms with van der Waals surface area (Å²) in [7, 11) is 3.49. The Bertz CT molecular complexity index is 718. The van der Waals surface area contributed by atoms with Gasteiger partial charge in [-0.05, 0) is 48.2 Å². The molecule has 1 aliphatic heterocycles. The van der Waals surface area contributed by atoms with Gasteiger partial charge in [0.05, 0.1) is 7.11 Å². The van der Waals surface area contributed by atoms with Crippen LogP contribution in [0.15, 0.2) is 42.5 Å². The van der Waals surface area contributed by atoms with Crippen molar-refractivity contribution >= 4 is 24.0 Å². The van der Waals surface area contributed by atoms with E-state index < -0.39 is 0 Å². The molecular formula is C19H23ClN2O2. The van der Waals surface area contributed by atoms with Crippen molar-refractivity contribution < 1.29 is 9.53 Å². The first-order valence-electron chi connectivity index (χ1n) is 7.93. The standard InChI is InChI=1S/C19H22N2O2.ClH/c1-21(13-14-6-3-7-15(12-14)23-2)19(22)17-8-4-10-18-16(17)9-5-11-20-18;/h3-4,6-8,10,12,20H,5,9,11,13H2,1-2H3;1H. The van der Waals surface area contributed by atoms with Gasteiger partial charge in [0.15, 0.2) is 0 Å². The number of hydrogen-bond acceptors (Lipinski definition) is 3. The SMILES string of the molecule is COc1cccc(CN(C)C(=O)c2cccc3c2CCCN3)c1.Cl. The van der Waals surface area contributed by atoms with Crippen LogP contribution in [-0.4, -0.2) is 31.5 Å². The van der Waals surface area contributed by atoms with Gasteiger partial charge >= 0.3 is 0 Å². The predicted molar refractivity (Wildman–Crippen MR) is 99.3 cm³/mol. The van der Waals surface area contributed by atoms with Gasteiger partial charge in [-0.15, -0.1) is 12.4 Å². The molecule has 1 aliphatic rings. The number of ether oxygens (including phenoxy) is 1. The Kier molecular flexibility index (Phi) is 6.10. The third-order valence-electron chi connectivity index (χ3n) is 4.23. The maximum absolute atomic E-state index is 12.8. The van der Waals surface area contributed by atoms with Gasteiger partial charge in [-0.3, -0.25) is 4.79 Å². The second-order valence-electron chi connectivity index (χ2n) is 5.87. The van der Waals surface area contributed by atoms with Gasteiger partial charge in [-0.1, -0.05) is 18.2 Å². The van der Waals surface area contributed by atoms with E-state index in [1.165, 1.54) is 0 Å². The maximum atomic E-state index is 12.8. The van der Waals surface area contributed by atoms with Crippen LogP contribution in [-0.2, 0) is 13.0 Å². The van der Waals surface area contributed by atoms with Crippen LogP contribution < -0.4 is 10.1 Å². The molecule has 1 heterocycles. The predicted octanol–water partition coefficient (Wildman–Crippen LogP) is 3.75. The number of anilines is 1. The van der Waals surface area contributed by atoms with Crippen molar-refractivity contribution in [2.45, 2.75) is 19.4 Å². The van der Waals surface area contributed by atoms with Gasteiger partial charge in [-0.25, -0.2) is 0 Å². The summed E-state index contributed by atoms with van der Waals surface area (Å²) in [5.74, 6) is 0.873. The Balaban J connectivity index is 0.00000208. The van der Waals surface area contributed by atoms with Gasteiger partial charge in [-0.2, -0.15) is 0 Å². The molecule has 2 aromatic carbocycles. The highest BCUT2D eigenvalue weighted by atomic mass is 35.5. The number of fused-ring (bicyclic) bond motifs is 1. The minimum absolute atomic E-state index is 0. The van der Waals surface area contributed by atoms with Gasteiger partial charge in [0, 0.05) is 31.4 Å². The minimum atomic E-state index is 0. The van der Waals surface area contributed by atoms with E-state index >= 15 is 0 Å². The molecule has 0 atom stereocenters. The monoisotopic (exact) mass is 346 g/mol. The fourth-order valence-electron chi connectivity index (χ4n) is 3.03. The van der Waals surface area contributed by atoms with E-state index in [1.54, 1.807) is 12.0 Å². The summed E-state index contributed by atoms with van der Waals surface area (Å²) in [5, 5.41) is 3.37. The Morgan fingerprint density at radius 1 is 1.25 bits per heavy atom. The molecule has 0 fully saturated rings. The average molecular weight is 347 g/mol. The molecule has 24 heavy (non-hydrogen) atoms. The fraction of sp³-hybridized carbons (Fsp3) is 0.316. The lowest BCUT2D eigenvalue weighted by molar-refractivity contribution is 0.0784. The van der Waals surface area contributed by atoms with E-state index in [2.05, 4.69) is 5.32 Å². The molecule has 0 saturated heterocycles. The average Bonchev–Trinajstić information content (AvgIpc) is 2.60. The first-order chi connectivity index (χ1) is 11.2. The molecular weight excluding hydrogens is 324 g/mol. The number of rotatable bonds is 4. The normalized spacial score (nSPS) is 12.4. The first kappa shape index (κ1) is 18.1. The summed E-state index contributed by atoms with van der Waals surface area (Å²) in [6.07, 6.45) is 2.02. The number of halogens is 1. The van der Waals surface area contributed by atoms with E-state index in [1.807, 2.05) is 49.5 Å². The van der Waals surface area contributed by atoms with Crippen molar-refractivity contribution in [2.75, 3.05) is 26.0 Å². The number of benzene rings is 2. The first-order valence-corrected chi connectivity index (χ1v) is 7.93. The largest absolute Gasteiger partial charge is 0.497 e. The zero-order valence-electron chi connectivity index (χ0n) is 14.0. The number of carbonyl (C=O) groups excluding carboxylic acids is 1. The summed E-state index contributed by atoms with van der Waals surface area (Å²) >= 11 is 0. The van der Waals surface area contributed by atoms with Crippen molar-refractivity contribution in [3.8, 4) is 5.75 Å². The molecule has 3 rings (SSSR count). The van der Waals surface area contributed by atoms with E-state index in [0.29, 0.717) is 6.54 Å². The number of methoxy groups -OCH3 is 1. The molecule has 2 aromatic rings. The summed E-state index contributed by atoms with van der Waals surface area (Å²) < 4.78 is 5.24. The number of amides is 1. The lowest BCUT2D eigenvalue weighted by atomic mass is 9.97. The van der Waals surface area contributed by atoms with E-state index in [0.717, 1.165) is 47.5 Å². The quantitative estimate of drug-likeness (QED) is 0.916. The lowest BCUT2D eigenvalue weighted by Crippen LogP contribution is -2.28. The number of hydrogen-bond donors (Lipinski definition) is 1. The Morgan fingerprint density at radius 3 is 2.83 bits per heavy atom. The van der Waals surface area contributed by atoms with Gasteiger partial charge < -0.3 is 15.0 Å². The summed E-state index contributed by atoms with van der Waals surface area (Å²) in [6, 6.07) is 13.7. The highest BCUT2D eigenvalue weighted by Gasteiger charge is 2.20. The lowest BCUT2D eigenvalue weighted by Gasteiger charge is -2.24. The number of nitrogens with one attached hydrogen (secondary N) is 1. The third-order valence-corrected chi connectivity index (χ3v) is 4.23. The highest BCUT2D eigenvalue weighted by molar-refractivity contribution is 5.97. The molecule has 0 radical (unpaired) electrons. The van der Waals surface area contributed by atoms with Gasteiger partial charge in [0.25, 0.3) is 5.91 Å².